The Balaban J connectivity index is 2.00. The molecule has 0 saturated carbocycles. The molecule has 0 bridgehead atoms. The van der Waals surface area contributed by atoms with Gasteiger partial charge in [-0.1, -0.05) is 23.3 Å². The molecule has 0 atom stereocenters. The van der Waals surface area contributed by atoms with Crippen molar-refractivity contribution >= 4 is 33.4 Å². The van der Waals surface area contributed by atoms with Crippen molar-refractivity contribution in [2.75, 3.05) is 21.3 Å². The number of terminal acetylenes is 1. The Morgan fingerprint density at radius 2 is 1.93 bits per heavy atom. The van der Waals surface area contributed by atoms with Gasteiger partial charge in [-0.15, -0.1) is 6.42 Å². The Morgan fingerprint density at radius 1 is 1.13 bits per heavy atom. The van der Waals surface area contributed by atoms with E-state index in [9.17, 15) is 9.59 Å². The third-order valence-electron chi connectivity index (χ3n) is 4.41. The second-order valence-corrected chi connectivity index (χ2v) is 7.22. The lowest BCUT2D eigenvalue weighted by Gasteiger charge is -2.08. The van der Waals surface area contributed by atoms with E-state index in [1.807, 2.05) is 0 Å². The van der Waals surface area contributed by atoms with E-state index in [1.165, 1.54) is 25.6 Å². The van der Waals surface area contributed by atoms with Crippen molar-refractivity contribution in [3.05, 3.63) is 52.3 Å². The molecule has 3 aromatic rings. The summed E-state index contributed by atoms with van der Waals surface area (Å²) >= 11 is 1.28. The number of benzene rings is 2. The number of carbonyl (C=O) groups excluding carboxylic acids is 2. The molecule has 1 heterocycles. The molecule has 0 spiro atoms. The summed E-state index contributed by atoms with van der Waals surface area (Å²) in [7, 11) is 4.42. The third kappa shape index (κ3) is 4.36. The number of ether oxygens (including phenoxy) is 3. The molecular weight excluding hydrogens is 404 g/mol. The van der Waals surface area contributed by atoms with Crippen molar-refractivity contribution in [2.24, 2.45) is 4.99 Å². The summed E-state index contributed by atoms with van der Waals surface area (Å²) < 4.78 is 17.8. The van der Waals surface area contributed by atoms with E-state index in [1.54, 1.807) is 48.1 Å². The van der Waals surface area contributed by atoms with Crippen LogP contribution in [-0.4, -0.2) is 37.8 Å². The van der Waals surface area contributed by atoms with Gasteiger partial charge in [-0.25, -0.2) is 4.79 Å². The summed E-state index contributed by atoms with van der Waals surface area (Å²) in [5, 5.41) is 0. The minimum absolute atomic E-state index is 0.0604. The van der Waals surface area contributed by atoms with Gasteiger partial charge in [-0.05, 0) is 24.3 Å². The van der Waals surface area contributed by atoms with Crippen LogP contribution in [0.1, 0.15) is 15.9 Å². The van der Waals surface area contributed by atoms with Crippen molar-refractivity contribution in [1.29, 1.82) is 0 Å². The molecule has 0 saturated heterocycles. The molecule has 0 aliphatic carbocycles. The monoisotopic (exact) mass is 424 g/mol. The zero-order chi connectivity index (χ0) is 21.7. The first-order valence-corrected chi connectivity index (χ1v) is 9.76. The van der Waals surface area contributed by atoms with Crippen LogP contribution in [0.15, 0.2) is 41.4 Å². The predicted octanol–water partition coefficient (Wildman–Crippen LogP) is 2.81. The Morgan fingerprint density at radius 3 is 2.60 bits per heavy atom. The number of hydrogen-bond acceptors (Lipinski definition) is 6. The molecule has 0 unspecified atom stereocenters. The van der Waals surface area contributed by atoms with Crippen LogP contribution in [0.25, 0.3) is 10.2 Å². The Kier molecular flexibility index (Phi) is 6.54. The molecule has 7 nitrogen and oxygen atoms in total. The van der Waals surface area contributed by atoms with Gasteiger partial charge in [0, 0.05) is 11.6 Å². The molecule has 0 aliphatic heterocycles. The molecule has 3 rings (SSSR count). The number of fused-ring (bicyclic) bond motifs is 1. The summed E-state index contributed by atoms with van der Waals surface area (Å²) in [6.45, 7) is 0.246. The number of rotatable bonds is 6. The van der Waals surface area contributed by atoms with Gasteiger partial charge in [0.05, 0.1) is 50.1 Å². The van der Waals surface area contributed by atoms with Crippen LogP contribution in [0.4, 0.5) is 0 Å². The van der Waals surface area contributed by atoms with Gasteiger partial charge < -0.3 is 18.8 Å². The highest BCUT2D eigenvalue weighted by Gasteiger charge is 2.13. The van der Waals surface area contributed by atoms with Crippen molar-refractivity contribution in [2.45, 2.75) is 13.0 Å². The molecule has 2 aromatic carbocycles. The second kappa shape index (κ2) is 9.29. The molecule has 8 heteroatoms. The van der Waals surface area contributed by atoms with Gasteiger partial charge in [0.15, 0.2) is 4.80 Å². The maximum atomic E-state index is 12.7. The van der Waals surface area contributed by atoms with Gasteiger partial charge in [0.25, 0.3) is 5.91 Å². The highest BCUT2D eigenvalue weighted by Crippen LogP contribution is 2.25. The van der Waals surface area contributed by atoms with Crippen molar-refractivity contribution in [3.63, 3.8) is 0 Å². The number of carbonyl (C=O) groups is 2. The quantitative estimate of drug-likeness (QED) is 0.449. The molecule has 0 N–H and O–H groups in total. The zero-order valence-electron chi connectivity index (χ0n) is 16.8. The average Bonchev–Trinajstić information content (AvgIpc) is 3.09. The highest BCUT2D eigenvalue weighted by molar-refractivity contribution is 7.16. The van der Waals surface area contributed by atoms with Crippen LogP contribution in [0.5, 0.6) is 11.5 Å². The molecule has 30 heavy (non-hydrogen) atoms. The first-order chi connectivity index (χ1) is 14.5. The fraction of sp³-hybridized carbons (Fsp3) is 0.227. The summed E-state index contributed by atoms with van der Waals surface area (Å²) in [6, 6.07) is 10.4. The summed E-state index contributed by atoms with van der Waals surface area (Å²) in [4.78, 5) is 29.2. The highest BCUT2D eigenvalue weighted by atomic mass is 32.1. The molecule has 1 amide bonds. The zero-order valence-corrected chi connectivity index (χ0v) is 17.6. The van der Waals surface area contributed by atoms with E-state index in [0.717, 1.165) is 10.2 Å². The summed E-state index contributed by atoms with van der Waals surface area (Å²) in [5.74, 6) is 2.99. The van der Waals surface area contributed by atoms with Crippen LogP contribution in [-0.2, 0) is 22.5 Å². The molecule has 0 fully saturated rings. The average molecular weight is 424 g/mol. The smallest absolute Gasteiger partial charge is 0.337 e. The normalized spacial score (nSPS) is 11.2. The van der Waals surface area contributed by atoms with E-state index >= 15 is 0 Å². The lowest BCUT2D eigenvalue weighted by atomic mass is 10.1. The maximum absolute atomic E-state index is 12.7. The molecular formula is C22H20N2O5S. The lowest BCUT2D eigenvalue weighted by Crippen LogP contribution is -2.17. The van der Waals surface area contributed by atoms with E-state index < -0.39 is 5.97 Å². The topological polar surface area (TPSA) is 79.1 Å². The first kappa shape index (κ1) is 21.1. The maximum Gasteiger partial charge on any atom is 0.337 e. The van der Waals surface area contributed by atoms with Crippen LogP contribution in [0, 0.1) is 12.3 Å². The number of aromatic nitrogens is 1. The number of nitrogens with zero attached hydrogens (tertiary/aromatic N) is 2. The number of thiazole rings is 1. The number of esters is 1. The fourth-order valence-corrected chi connectivity index (χ4v) is 4.04. The van der Waals surface area contributed by atoms with E-state index in [-0.39, 0.29) is 18.9 Å². The van der Waals surface area contributed by atoms with Gasteiger partial charge in [0.1, 0.15) is 11.5 Å². The predicted molar refractivity (Wildman–Crippen MR) is 114 cm³/mol. The van der Waals surface area contributed by atoms with Gasteiger partial charge in [0.2, 0.25) is 0 Å². The molecule has 0 aliphatic rings. The van der Waals surface area contributed by atoms with Crippen molar-refractivity contribution in [1.82, 2.24) is 4.57 Å². The van der Waals surface area contributed by atoms with Crippen LogP contribution >= 0.6 is 11.3 Å². The van der Waals surface area contributed by atoms with Gasteiger partial charge in [-0.2, -0.15) is 4.99 Å². The third-order valence-corrected chi connectivity index (χ3v) is 5.45. The number of amides is 1. The minimum Gasteiger partial charge on any atom is -0.497 e. The second-order valence-electron chi connectivity index (χ2n) is 6.21. The van der Waals surface area contributed by atoms with Crippen LogP contribution < -0.4 is 14.3 Å². The van der Waals surface area contributed by atoms with Gasteiger partial charge >= 0.3 is 5.97 Å². The molecule has 154 valence electrons. The standard InChI is InChI=1S/C22H20N2O5S/c1-5-10-24-17-9-7-15(21(26)29-4)11-19(17)30-22(24)23-20(25)12-14-6-8-16(27-2)13-18(14)28-3/h1,6-9,11,13H,10,12H2,2-4H3. The number of methoxy groups -OCH3 is 3. The SMILES string of the molecule is C#CCn1c(=NC(=O)Cc2ccc(OC)cc2OC)sc2cc(C(=O)OC)ccc21. The van der Waals surface area contributed by atoms with Gasteiger partial charge in [-0.3, -0.25) is 4.79 Å². The Bertz CT molecular complexity index is 1220. The minimum atomic E-state index is -0.435. The van der Waals surface area contributed by atoms with Crippen molar-refractivity contribution < 1.29 is 23.8 Å². The Hall–Kier alpha value is -3.57. The fourth-order valence-electron chi connectivity index (χ4n) is 2.95. The van der Waals surface area contributed by atoms with E-state index in [0.29, 0.717) is 27.4 Å². The van der Waals surface area contributed by atoms with Crippen molar-refractivity contribution in [3.8, 4) is 23.8 Å². The largest absolute Gasteiger partial charge is 0.497 e. The lowest BCUT2D eigenvalue weighted by molar-refractivity contribution is -0.117. The van der Waals surface area contributed by atoms with Crippen LogP contribution in [0.2, 0.25) is 0 Å². The Labute approximate surface area is 177 Å². The van der Waals surface area contributed by atoms with E-state index in [2.05, 4.69) is 10.9 Å². The summed E-state index contributed by atoms with van der Waals surface area (Å²) in [6.07, 6.45) is 5.56. The molecule has 0 radical (unpaired) electrons. The van der Waals surface area contributed by atoms with E-state index in [4.69, 9.17) is 20.6 Å². The first-order valence-electron chi connectivity index (χ1n) is 8.94. The molecule has 1 aromatic heterocycles. The van der Waals surface area contributed by atoms with Crippen LogP contribution in [0.3, 0.4) is 0 Å². The number of hydrogen-bond donors (Lipinski definition) is 0. The summed E-state index contributed by atoms with van der Waals surface area (Å²) in [5.41, 5.74) is 1.91.